The molecule has 1 amide bonds. The SMILES string of the molecule is COC(=O)c1ccc(C2CC2C(=O)N(c2nccs2)C2CCCCC2)cc1. The zero-order valence-electron chi connectivity index (χ0n) is 15.5. The number of carbonyl (C=O) groups excluding carboxylic acids is 2. The molecule has 6 heteroatoms. The molecule has 2 fully saturated rings. The van der Waals surface area contributed by atoms with E-state index >= 15 is 0 Å². The van der Waals surface area contributed by atoms with Gasteiger partial charge in [-0.3, -0.25) is 9.69 Å². The fourth-order valence-corrected chi connectivity index (χ4v) is 4.82. The van der Waals surface area contributed by atoms with Gasteiger partial charge in [-0.15, -0.1) is 11.3 Å². The second kappa shape index (κ2) is 7.80. The largest absolute Gasteiger partial charge is 0.465 e. The molecule has 2 atom stereocenters. The summed E-state index contributed by atoms with van der Waals surface area (Å²) in [4.78, 5) is 31.3. The van der Waals surface area contributed by atoms with Gasteiger partial charge in [0.05, 0.1) is 12.7 Å². The van der Waals surface area contributed by atoms with Crippen LogP contribution in [0, 0.1) is 5.92 Å². The molecule has 4 rings (SSSR count). The van der Waals surface area contributed by atoms with E-state index in [2.05, 4.69) is 4.98 Å². The number of nitrogens with zero attached hydrogens (tertiary/aromatic N) is 2. The van der Waals surface area contributed by atoms with Gasteiger partial charge in [0.1, 0.15) is 0 Å². The normalized spacial score (nSPS) is 22.3. The highest BCUT2D eigenvalue weighted by Crippen LogP contribution is 2.49. The van der Waals surface area contributed by atoms with E-state index in [4.69, 9.17) is 4.74 Å². The third kappa shape index (κ3) is 3.76. The number of aromatic nitrogens is 1. The molecular formula is C21H24N2O3S. The number of hydrogen-bond donors (Lipinski definition) is 0. The van der Waals surface area contributed by atoms with Crippen LogP contribution in [0.1, 0.15) is 60.4 Å². The molecule has 2 aromatic rings. The van der Waals surface area contributed by atoms with Gasteiger partial charge in [0.15, 0.2) is 5.13 Å². The monoisotopic (exact) mass is 384 g/mol. The number of amides is 1. The summed E-state index contributed by atoms with van der Waals surface area (Å²) in [5.74, 6) is 0.117. The molecule has 1 aromatic heterocycles. The van der Waals surface area contributed by atoms with E-state index in [9.17, 15) is 9.59 Å². The molecule has 0 spiro atoms. The summed E-state index contributed by atoms with van der Waals surface area (Å²) in [7, 11) is 1.38. The molecule has 2 aliphatic carbocycles. The fourth-order valence-electron chi connectivity index (χ4n) is 4.10. The summed E-state index contributed by atoms with van der Waals surface area (Å²) < 4.78 is 4.75. The molecular weight excluding hydrogens is 360 g/mol. The second-order valence-corrected chi connectivity index (χ2v) is 8.25. The van der Waals surface area contributed by atoms with Crippen molar-refractivity contribution in [2.45, 2.75) is 50.5 Å². The van der Waals surface area contributed by atoms with Gasteiger partial charge < -0.3 is 4.74 Å². The van der Waals surface area contributed by atoms with Crippen molar-refractivity contribution in [1.29, 1.82) is 0 Å². The van der Waals surface area contributed by atoms with Crippen LogP contribution in [0.15, 0.2) is 35.8 Å². The quantitative estimate of drug-likeness (QED) is 0.717. The molecule has 1 aromatic carbocycles. The summed E-state index contributed by atoms with van der Waals surface area (Å²) in [5.41, 5.74) is 1.65. The van der Waals surface area contributed by atoms with Gasteiger partial charge in [-0.05, 0) is 42.9 Å². The first-order valence-electron chi connectivity index (χ1n) is 9.60. The molecule has 2 saturated carbocycles. The highest BCUT2D eigenvalue weighted by Gasteiger charge is 2.47. The van der Waals surface area contributed by atoms with Crippen molar-refractivity contribution in [2.75, 3.05) is 12.0 Å². The molecule has 0 bridgehead atoms. The minimum Gasteiger partial charge on any atom is -0.465 e. The molecule has 1 heterocycles. The molecule has 27 heavy (non-hydrogen) atoms. The van der Waals surface area contributed by atoms with Gasteiger partial charge in [0.2, 0.25) is 5.91 Å². The number of thiazole rings is 1. The maximum atomic E-state index is 13.3. The van der Waals surface area contributed by atoms with E-state index in [1.54, 1.807) is 29.7 Å². The Bertz CT molecular complexity index is 797. The maximum Gasteiger partial charge on any atom is 0.337 e. The number of benzene rings is 1. The first-order chi connectivity index (χ1) is 13.2. The van der Waals surface area contributed by atoms with E-state index in [0.717, 1.165) is 30.0 Å². The molecule has 0 saturated heterocycles. The van der Waals surface area contributed by atoms with Crippen LogP contribution in [0.25, 0.3) is 0 Å². The highest BCUT2D eigenvalue weighted by atomic mass is 32.1. The summed E-state index contributed by atoms with van der Waals surface area (Å²) in [5, 5.41) is 2.77. The number of methoxy groups -OCH3 is 1. The summed E-state index contributed by atoms with van der Waals surface area (Å²) in [6, 6.07) is 7.72. The first kappa shape index (κ1) is 18.2. The lowest BCUT2D eigenvalue weighted by Crippen LogP contribution is -2.42. The van der Waals surface area contributed by atoms with Gasteiger partial charge in [-0.2, -0.15) is 0 Å². The van der Waals surface area contributed by atoms with E-state index in [1.807, 2.05) is 22.4 Å². The smallest absolute Gasteiger partial charge is 0.337 e. The Morgan fingerprint density at radius 3 is 2.52 bits per heavy atom. The average molecular weight is 385 g/mol. The van der Waals surface area contributed by atoms with Crippen molar-refractivity contribution in [3.63, 3.8) is 0 Å². The van der Waals surface area contributed by atoms with Gasteiger partial charge in [-0.25, -0.2) is 9.78 Å². The Morgan fingerprint density at radius 2 is 1.89 bits per heavy atom. The standard InChI is InChI=1S/C21H24N2O3S/c1-26-20(25)15-9-7-14(8-10-15)17-13-18(17)19(24)23(21-22-11-12-27-21)16-5-3-2-4-6-16/h7-12,16-18H,2-6,13H2,1H3. The number of carbonyl (C=O) groups is 2. The third-order valence-electron chi connectivity index (χ3n) is 5.67. The van der Waals surface area contributed by atoms with Crippen LogP contribution < -0.4 is 4.90 Å². The zero-order chi connectivity index (χ0) is 18.8. The van der Waals surface area contributed by atoms with Gasteiger partial charge in [0, 0.05) is 23.5 Å². The highest BCUT2D eigenvalue weighted by molar-refractivity contribution is 7.13. The minimum absolute atomic E-state index is 0.0137. The second-order valence-electron chi connectivity index (χ2n) is 7.38. The van der Waals surface area contributed by atoms with E-state index in [1.165, 1.54) is 26.4 Å². The Hall–Kier alpha value is -2.21. The van der Waals surface area contributed by atoms with Gasteiger partial charge in [-0.1, -0.05) is 31.4 Å². The van der Waals surface area contributed by atoms with Crippen LogP contribution in [0.3, 0.4) is 0 Å². The van der Waals surface area contributed by atoms with E-state index in [-0.39, 0.29) is 29.8 Å². The number of ether oxygens (including phenoxy) is 1. The molecule has 5 nitrogen and oxygen atoms in total. The number of hydrogen-bond acceptors (Lipinski definition) is 5. The maximum absolute atomic E-state index is 13.3. The lowest BCUT2D eigenvalue weighted by atomic mass is 9.94. The van der Waals surface area contributed by atoms with Crippen LogP contribution >= 0.6 is 11.3 Å². The predicted octanol–water partition coefficient (Wildman–Crippen LogP) is 4.40. The van der Waals surface area contributed by atoms with Gasteiger partial charge in [0.25, 0.3) is 0 Å². The van der Waals surface area contributed by atoms with Crippen LogP contribution in [0.4, 0.5) is 5.13 Å². The predicted molar refractivity (Wildman–Crippen MR) is 105 cm³/mol. The Labute approximate surface area is 163 Å². The topological polar surface area (TPSA) is 59.5 Å². The van der Waals surface area contributed by atoms with E-state index < -0.39 is 0 Å². The lowest BCUT2D eigenvalue weighted by Gasteiger charge is -2.32. The summed E-state index contributed by atoms with van der Waals surface area (Å²) in [6.07, 6.45) is 8.40. The van der Waals surface area contributed by atoms with Crippen LogP contribution in [-0.4, -0.2) is 30.0 Å². The zero-order valence-corrected chi connectivity index (χ0v) is 16.3. The summed E-state index contributed by atoms with van der Waals surface area (Å²) >= 11 is 1.55. The van der Waals surface area contributed by atoms with Crippen molar-refractivity contribution in [2.24, 2.45) is 5.92 Å². The number of rotatable bonds is 5. The Kier molecular flexibility index (Phi) is 5.25. The molecule has 0 radical (unpaired) electrons. The van der Waals surface area contributed by atoms with Crippen LogP contribution in [-0.2, 0) is 9.53 Å². The van der Waals surface area contributed by atoms with Crippen molar-refractivity contribution < 1.29 is 14.3 Å². The molecule has 2 unspecified atom stereocenters. The molecule has 2 aliphatic rings. The number of esters is 1. The van der Waals surface area contributed by atoms with Crippen LogP contribution in [0.5, 0.6) is 0 Å². The fraction of sp³-hybridized carbons (Fsp3) is 0.476. The van der Waals surface area contributed by atoms with Gasteiger partial charge >= 0.3 is 5.97 Å². The molecule has 0 N–H and O–H groups in total. The summed E-state index contributed by atoms with van der Waals surface area (Å²) in [6.45, 7) is 0. The Morgan fingerprint density at radius 1 is 1.15 bits per heavy atom. The molecule has 142 valence electrons. The van der Waals surface area contributed by atoms with Crippen molar-refractivity contribution in [3.05, 3.63) is 47.0 Å². The minimum atomic E-state index is -0.336. The average Bonchev–Trinajstić information content (AvgIpc) is 3.35. The Balaban J connectivity index is 1.49. The van der Waals surface area contributed by atoms with Crippen molar-refractivity contribution in [3.8, 4) is 0 Å². The lowest BCUT2D eigenvalue weighted by molar-refractivity contribution is -0.120. The first-order valence-corrected chi connectivity index (χ1v) is 10.5. The van der Waals surface area contributed by atoms with Crippen molar-refractivity contribution >= 4 is 28.3 Å². The van der Waals surface area contributed by atoms with Crippen molar-refractivity contribution in [1.82, 2.24) is 4.98 Å². The van der Waals surface area contributed by atoms with E-state index in [0.29, 0.717) is 5.56 Å². The van der Waals surface area contributed by atoms with Crippen LogP contribution in [0.2, 0.25) is 0 Å². The third-order valence-corrected chi connectivity index (χ3v) is 6.44. The number of anilines is 1. The molecule has 0 aliphatic heterocycles.